The third-order valence-electron chi connectivity index (χ3n) is 1.72. The Morgan fingerprint density at radius 2 is 2.00 bits per heavy atom. The zero-order valence-corrected chi connectivity index (χ0v) is 6.53. The first kappa shape index (κ1) is 7.10. The third-order valence-corrected chi connectivity index (χ3v) is 1.72. The molecule has 12 heavy (non-hydrogen) atoms. The van der Waals surface area contributed by atoms with Crippen LogP contribution in [0.25, 0.3) is 11.3 Å². The first-order valence-electron chi connectivity index (χ1n) is 3.70. The molecule has 59 valence electrons. The lowest BCUT2D eigenvalue weighted by atomic mass is 10.1. The first-order valence-corrected chi connectivity index (χ1v) is 3.70. The largest absolute Gasteiger partial charge is 0.356 e. The molecule has 1 heterocycles. The Morgan fingerprint density at radius 1 is 1.17 bits per heavy atom. The van der Waals surface area contributed by atoms with Gasteiger partial charge in [0.2, 0.25) is 0 Å². The van der Waals surface area contributed by atoms with Crippen LogP contribution in [0.2, 0.25) is 0 Å². The molecular weight excluding hydrogens is 150 g/mol. The van der Waals surface area contributed by atoms with Gasteiger partial charge in [-0.3, -0.25) is 0 Å². The quantitative estimate of drug-likeness (QED) is 0.637. The van der Waals surface area contributed by atoms with Gasteiger partial charge in [0.25, 0.3) is 0 Å². The molecule has 0 aliphatic carbocycles. The minimum atomic E-state index is 0.764. The van der Waals surface area contributed by atoms with Crippen molar-refractivity contribution in [3.63, 3.8) is 0 Å². The van der Waals surface area contributed by atoms with Crippen LogP contribution in [0.4, 0.5) is 0 Å². The smallest absolute Gasteiger partial charge is 0.167 e. The molecule has 0 saturated heterocycles. The average molecular weight is 158 g/mol. The van der Waals surface area contributed by atoms with Crippen LogP contribution in [0.5, 0.6) is 0 Å². The molecule has 1 aromatic heterocycles. The zero-order valence-electron chi connectivity index (χ0n) is 6.53. The molecule has 0 aliphatic rings. The molecule has 0 spiro atoms. The van der Waals surface area contributed by atoms with E-state index in [-0.39, 0.29) is 0 Å². The molecule has 0 N–H and O–H groups in total. The van der Waals surface area contributed by atoms with E-state index in [1.54, 1.807) is 6.20 Å². The molecule has 0 unspecified atom stereocenters. The summed E-state index contributed by atoms with van der Waals surface area (Å²) in [6, 6.07) is 9.62. The van der Waals surface area contributed by atoms with E-state index >= 15 is 0 Å². The van der Waals surface area contributed by atoms with Gasteiger partial charge in [0.15, 0.2) is 5.76 Å². The summed E-state index contributed by atoms with van der Waals surface area (Å²) in [4.78, 5) is 0. The van der Waals surface area contributed by atoms with Crippen molar-refractivity contribution < 1.29 is 4.52 Å². The van der Waals surface area contributed by atoms with Gasteiger partial charge < -0.3 is 4.52 Å². The number of hydrogen-bond donors (Lipinski definition) is 0. The highest BCUT2D eigenvalue weighted by atomic mass is 16.5. The SMILES string of the molecule is [CH2]c1ccccc1-c1ccno1. The van der Waals surface area contributed by atoms with Crippen molar-refractivity contribution in [1.82, 2.24) is 5.16 Å². The highest BCUT2D eigenvalue weighted by molar-refractivity contribution is 5.62. The number of rotatable bonds is 1. The lowest BCUT2D eigenvalue weighted by Gasteiger charge is -1.98. The van der Waals surface area contributed by atoms with Crippen molar-refractivity contribution >= 4 is 0 Å². The van der Waals surface area contributed by atoms with Crippen molar-refractivity contribution in [2.75, 3.05) is 0 Å². The van der Waals surface area contributed by atoms with E-state index in [9.17, 15) is 0 Å². The maximum absolute atomic E-state index is 5.01. The molecule has 2 aromatic rings. The fourth-order valence-electron chi connectivity index (χ4n) is 1.12. The molecule has 0 bridgehead atoms. The fraction of sp³-hybridized carbons (Fsp3) is 0. The minimum Gasteiger partial charge on any atom is -0.356 e. The van der Waals surface area contributed by atoms with Crippen molar-refractivity contribution in [3.05, 3.63) is 49.0 Å². The summed E-state index contributed by atoms with van der Waals surface area (Å²) in [5.41, 5.74) is 1.95. The highest BCUT2D eigenvalue weighted by Crippen LogP contribution is 2.21. The van der Waals surface area contributed by atoms with E-state index in [1.807, 2.05) is 30.3 Å². The molecule has 2 nitrogen and oxygen atoms in total. The van der Waals surface area contributed by atoms with E-state index < -0.39 is 0 Å². The predicted octanol–water partition coefficient (Wildman–Crippen LogP) is 2.52. The number of hydrogen-bond acceptors (Lipinski definition) is 2. The monoisotopic (exact) mass is 158 g/mol. The predicted molar refractivity (Wildman–Crippen MR) is 46.4 cm³/mol. The van der Waals surface area contributed by atoms with E-state index in [0.29, 0.717) is 0 Å². The molecule has 2 heteroatoms. The van der Waals surface area contributed by atoms with Crippen LogP contribution in [0.15, 0.2) is 41.1 Å². The number of aromatic nitrogens is 1. The topological polar surface area (TPSA) is 26.0 Å². The Hall–Kier alpha value is -1.57. The van der Waals surface area contributed by atoms with Gasteiger partial charge >= 0.3 is 0 Å². The third kappa shape index (κ3) is 1.11. The van der Waals surface area contributed by atoms with Crippen LogP contribution in [-0.2, 0) is 0 Å². The van der Waals surface area contributed by atoms with Crippen LogP contribution in [0.3, 0.4) is 0 Å². The van der Waals surface area contributed by atoms with Crippen LogP contribution in [0, 0.1) is 6.92 Å². The first-order chi connectivity index (χ1) is 5.88. The van der Waals surface area contributed by atoms with Gasteiger partial charge in [-0.2, -0.15) is 0 Å². The summed E-state index contributed by atoms with van der Waals surface area (Å²) in [7, 11) is 0. The summed E-state index contributed by atoms with van der Waals surface area (Å²) in [5.74, 6) is 0.764. The Kier molecular flexibility index (Phi) is 1.67. The average Bonchev–Trinajstić information content (AvgIpc) is 2.57. The highest BCUT2D eigenvalue weighted by Gasteiger charge is 2.02. The molecule has 1 aromatic carbocycles. The Bertz CT molecular complexity index is 365. The van der Waals surface area contributed by atoms with E-state index in [0.717, 1.165) is 16.9 Å². The second-order valence-electron chi connectivity index (χ2n) is 2.53. The molecule has 0 amide bonds. The normalized spacial score (nSPS) is 10.1. The molecule has 0 saturated carbocycles. The second kappa shape index (κ2) is 2.81. The second-order valence-corrected chi connectivity index (χ2v) is 2.53. The summed E-state index contributed by atoms with van der Waals surface area (Å²) < 4.78 is 5.01. The maximum Gasteiger partial charge on any atom is 0.167 e. The Morgan fingerprint density at radius 3 is 2.67 bits per heavy atom. The summed E-state index contributed by atoms with van der Waals surface area (Å²) >= 11 is 0. The van der Waals surface area contributed by atoms with Gasteiger partial charge in [-0.1, -0.05) is 29.4 Å². The standard InChI is InChI=1S/C10H8NO/c1-8-4-2-3-5-9(8)10-6-7-11-12-10/h2-7H,1H2. The van der Waals surface area contributed by atoms with Gasteiger partial charge in [0.05, 0.1) is 6.20 Å². The van der Waals surface area contributed by atoms with E-state index in [4.69, 9.17) is 4.52 Å². The molecule has 0 aliphatic heterocycles. The van der Waals surface area contributed by atoms with Crippen molar-refractivity contribution in [3.8, 4) is 11.3 Å². The molecular formula is C10H8NO. The Labute approximate surface area is 70.8 Å². The number of nitrogens with zero attached hydrogens (tertiary/aromatic N) is 1. The van der Waals surface area contributed by atoms with Gasteiger partial charge in [0.1, 0.15) is 0 Å². The lowest BCUT2D eigenvalue weighted by molar-refractivity contribution is 0.432. The van der Waals surface area contributed by atoms with E-state index in [1.165, 1.54) is 0 Å². The number of benzene rings is 1. The van der Waals surface area contributed by atoms with Crippen molar-refractivity contribution in [2.45, 2.75) is 0 Å². The lowest BCUT2D eigenvalue weighted by Crippen LogP contribution is -1.78. The summed E-state index contributed by atoms with van der Waals surface area (Å²) in [6.45, 7) is 3.89. The van der Waals surface area contributed by atoms with E-state index in [2.05, 4.69) is 12.1 Å². The fourth-order valence-corrected chi connectivity index (χ4v) is 1.12. The van der Waals surface area contributed by atoms with Crippen LogP contribution in [0.1, 0.15) is 5.56 Å². The maximum atomic E-state index is 5.01. The summed E-state index contributed by atoms with van der Waals surface area (Å²) in [5, 5.41) is 3.64. The van der Waals surface area contributed by atoms with Crippen LogP contribution in [-0.4, -0.2) is 5.16 Å². The Balaban J connectivity index is 2.55. The minimum absolute atomic E-state index is 0.764. The molecule has 2 rings (SSSR count). The molecule has 0 atom stereocenters. The molecule has 1 radical (unpaired) electrons. The van der Waals surface area contributed by atoms with Crippen LogP contribution < -0.4 is 0 Å². The van der Waals surface area contributed by atoms with Gasteiger partial charge in [-0.05, 0) is 12.5 Å². The van der Waals surface area contributed by atoms with Gasteiger partial charge in [-0.25, -0.2) is 0 Å². The van der Waals surface area contributed by atoms with Gasteiger partial charge in [0, 0.05) is 11.6 Å². The van der Waals surface area contributed by atoms with Gasteiger partial charge in [-0.15, -0.1) is 0 Å². The molecule has 0 fully saturated rings. The summed E-state index contributed by atoms with van der Waals surface area (Å²) in [6.07, 6.45) is 1.63. The van der Waals surface area contributed by atoms with Crippen molar-refractivity contribution in [2.24, 2.45) is 0 Å². The van der Waals surface area contributed by atoms with Crippen molar-refractivity contribution in [1.29, 1.82) is 0 Å². The van der Waals surface area contributed by atoms with Crippen LogP contribution >= 0.6 is 0 Å². The zero-order chi connectivity index (χ0) is 8.39.